The lowest BCUT2D eigenvalue weighted by Gasteiger charge is -2.02. The van der Waals surface area contributed by atoms with Gasteiger partial charge in [0.15, 0.2) is 0 Å². The summed E-state index contributed by atoms with van der Waals surface area (Å²) in [5.74, 6) is 0.922. The first-order valence-corrected chi connectivity index (χ1v) is 4.19. The summed E-state index contributed by atoms with van der Waals surface area (Å²) < 4.78 is 5.10. The number of methoxy groups -OCH3 is 1. The Bertz CT molecular complexity index is 187. The molecule has 53 valence electrons. The maximum absolute atomic E-state index is 5.10. The summed E-state index contributed by atoms with van der Waals surface area (Å²) in [5.41, 5.74) is 0. The van der Waals surface area contributed by atoms with Crippen LogP contribution < -0.4 is 4.74 Å². The van der Waals surface area contributed by atoms with E-state index in [4.69, 9.17) is 4.74 Å². The predicted octanol–water partition coefficient (Wildman–Crippen LogP) is 2.22. The van der Waals surface area contributed by atoms with E-state index in [1.54, 1.807) is 18.9 Å². The van der Waals surface area contributed by atoms with Gasteiger partial charge in [0.25, 0.3) is 0 Å². The van der Waals surface area contributed by atoms with Crippen LogP contribution in [0.25, 0.3) is 0 Å². The van der Waals surface area contributed by atoms with Gasteiger partial charge in [-0.3, -0.25) is 0 Å². The van der Waals surface area contributed by atoms with Crippen molar-refractivity contribution in [2.75, 3.05) is 13.4 Å². The van der Waals surface area contributed by atoms with Gasteiger partial charge >= 0.3 is 0 Å². The van der Waals surface area contributed by atoms with E-state index in [-0.39, 0.29) is 0 Å². The van der Waals surface area contributed by atoms with E-state index in [0.717, 1.165) is 10.6 Å². The Morgan fingerprint density at radius 2 is 2.40 bits per heavy atom. The molecule has 0 N–H and O–H groups in total. The molecule has 1 rings (SSSR count). The fourth-order valence-electron chi connectivity index (χ4n) is 0.729. The lowest BCUT2D eigenvalue weighted by molar-refractivity contribution is 0.405. The second-order valence-electron chi connectivity index (χ2n) is 1.78. The van der Waals surface area contributed by atoms with Crippen molar-refractivity contribution in [2.45, 2.75) is 4.90 Å². The first kappa shape index (κ1) is 7.48. The van der Waals surface area contributed by atoms with Gasteiger partial charge in [-0.1, -0.05) is 6.07 Å². The summed E-state index contributed by atoms with van der Waals surface area (Å²) in [6.07, 6.45) is 2.02. The average Bonchev–Trinajstić information content (AvgIpc) is 2.04. The van der Waals surface area contributed by atoms with E-state index in [1.165, 1.54) is 0 Å². The van der Waals surface area contributed by atoms with E-state index >= 15 is 0 Å². The molecule has 0 aliphatic rings. The number of ether oxygens (including phenoxy) is 1. The molecule has 0 saturated heterocycles. The van der Waals surface area contributed by atoms with Crippen molar-refractivity contribution in [1.82, 2.24) is 0 Å². The van der Waals surface area contributed by atoms with E-state index in [9.17, 15) is 0 Å². The molecule has 1 aromatic carbocycles. The van der Waals surface area contributed by atoms with Crippen LogP contribution in [0.4, 0.5) is 0 Å². The number of rotatable bonds is 2. The molecule has 0 heterocycles. The van der Waals surface area contributed by atoms with Crippen LogP contribution in [0.2, 0.25) is 0 Å². The second kappa shape index (κ2) is 3.52. The fraction of sp³-hybridized carbons (Fsp3) is 0.250. The molecule has 1 radical (unpaired) electrons. The average molecular weight is 153 g/mol. The Morgan fingerprint density at radius 1 is 1.60 bits per heavy atom. The summed E-state index contributed by atoms with van der Waals surface area (Å²) in [5, 5.41) is 0. The molecular weight excluding hydrogens is 144 g/mol. The lowest BCUT2D eigenvalue weighted by atomic mass is 10.3. The molecule has 2 heteroatoms. The highest BCUT2D eigenvalue weighted by molar-refractivity contribution is 7.98. The van der Waals surface area contributed by atoms with Crippen LogP contribution in [0.3, 0.4) is 0 Å². The maximum atomic E-state index is 5.10. The van der Waals surface area contributed by atoms with Crippen molar-refractivity contribution in [3.05, 3.63) is 24.3 Å². The van der Waals surface area contributed by atoms with Gasteiger partial charge in [-0.05, 0) is 24.5 Å². The topological polar surface area (TPSA) is 9.23 Å². The van der Waals surface area contributed by atoms with E-state index < -0.39 is 0 Å². The molecule has 0 aliphatic heterocycles. The molecule has 0 atom stereocenters. The van der Waals surface area contributed by atoms with Crippen LogP contribution in [-0.2, 0) is 0 Å². The second-order valence-corrected chi connectivity index (χ2v) is 2.63. The van der Waals surface area contributed by atoms with Crippen molar-refractivity contribution in [3.63, 3.8) is 0 Å². The van der Waals surface area contributed by atoms with E-state index in [2.05, 4.69) is 6.07 Å². The van der Waals surface area contributed by atoms with Gasteiger partial charge in [0.1, 0.15) is 5.75 Å². The zero-order chi connectivity index (χ0) is 7.40. The third-order valence-electron chi connectivity index (χ3n) is 1.23. The van der Waals surface area contributed by atoms with Crippen LogP contribution >= 0.6 is 11.8 Å². The smallest absolute Gasteiger partial charge is 0.132 e. The highest BCUT2D eigenvalue weighted by Gasteiger charge is 1.96. The molecular formula is C8H9OS. The Labute approximate surface area is 65.4 Å². The third-order valence-corrected chi connectivity index (χ3v) is 1.99. The van der Waals surface area contributed by atoms with Gasteiger partial charge in [-0.25, -0.2) is 0 Å². The van der Waals surface area contributed by atoms with Gasteiger partial charge in [0, 0.05) is 4.90 Å². The van der Waals surface area contributed by atoms with E-state index in [1.807, 2.05) is 24.5 Å². The SMILES string of the molecule is COc1cc[c]cc1SC. The first-order valence-electron chi connectivity index (χ1n) is 2.96. The minimum absolute atomic E-state index is 0.922. The Hall–Kier alpha value is -0.630. The predicted molar refractivity (Wildman–Crippen MR) is 43.6 cm³/mol. The number of benzene rings is 1. The molecule has 0 unspecified atom stereocenters. The standard InChI is InChI=1S/C8H9OS/c1-9-7-5-3-4-6-8(7)10-2/h3,5-6H,1-2H3. The van der Waals surface area contributed by atoms with Crippen LogP contribution in [0.5, 0.6) is 5.75 Å². The summed E-state index contributed by atoms with van der Waals surface area (Å²) in [7, 11) is 1.68. The van der Waals surface area contributed by atoms with Crippen LogP contribution in [-0.4, -0.2) is 13.4 Å². The molecule has 0 saturated carbocycles. The minimum atomic E-state index is 0.922. The Kier molecular flexibility index (Phi) is 2.63. The molecule has 1 nitrogen and oxygen atoms in total. The monoisotopic (exact) mass is 153 g/mol. The molecule has 10 heavy (non-hydrogen) atoms. The largest absolute Gasteiger partial charge is 0.496 e. The van der Waals surface area contributed by atoms with Crippen molar-refractivity contribution in [3.8, 4) is 5.75 Å². The van der Waals surface area contributed by atoms with Crippen LogP contribution in [0.15, 0.2) is 23.1 Å². The Morgan fingerprint density at radius 3 is 2.90 bits per heavy atom. The Balaban J connectivity index is 2.96. The number of hydrogen-bond acceptors (Lipinski definition) is 2. The van der Waals surface area contributed by atoms with Crippen molar-refractivity contribution < 1.29 is 4.74 Å². The highest BCUT2D eigenvalue weighted by Crippen LogP contribution is 2.25. The van der Waals surface area contributed by atoms with Gasteiger partial charge in [0.2, 0.25) is 0 Å². The molecule has 0 fully saturated rings. The summed E-state index contributed by atoms with van der Waals surface area (Å²) in [6.45, 7) is 0. The lowest BCUT2D eigenvalue weighted by Crippen LogP contribution is -1.83. The number of thioether (sulfide) groups is 1. The molecule has 0 aromatic heterocycles. The minimum Gasteiger partial charge on any atom is -0.496 e. The van der Waals surface area contributed by atoms with Crippen molar-refractivity contribution in [1.29, 1.82) is 0 Å². The quantitative estimate of drug-likeness (QED) is 0.602. The zero-order valence-corrected chi connectivity index (χ0v) is 6.87. The van der Waals surface area contributed by atoms with Gasteiger partial charge in [-0.15, -0.1) is 11.8 Å². The zero-order valence-electron chi connectivity index (χ0n) is 6.05. The highest BCUT2D eigenvalue weighted by atomic mass is 32.2. The van der Waals surface area contributed by atoms with Crippen molar-refractivity contribution in [2.24, 2.45) is 0 Å². The summed E-state index contributed by atoms with van der Waals surface area (Å²) in [4.78, 5) is 1.13. The van der Waals surface area contributed by atoms with Gasteiger partial charge in [-0.2, -0.15) is 0 Å². The van der Waals surface area contributed by atoms with Gasteiger partial charge in [0.05, 0.1) is 7.11 Å². The molecule has 0 bridgehead atoms. The maximum Gasteiger partial charge on any atom is 0.132 e. The molecule has 0 amide bonds. The molecule has 0 spiro atoms. The number of hydrogen-bond donors (Lipinski definition) is 0. The normalized spacial score (nSPS) is 9.40. The van der Waals surface area contributed by atoms with Crippen molar-refractivity contribution >= 4 is 11.8 Å². The van der Waals surface area contributed by atoms with Crippen LogP contribution in [0.1, 0.15) is 0 Å². The van der Waals surface area contributed by atoms with Crippen LogP contribution in [0, 0.1) is 6.07 Å². The third kappa shape index (κ3) is 1.45. The van der Waals surface area contributed by atoms with E-state index in [0.29, 0.717) is 0 Å². The molecule has 0 aliphatic carbocycles. The summed E-state index contributed by atoms with van der Waals surface area (Å²) in [6, 6.07) is 8.66. The first-order chi connectivity index (χ1) is 4.88. The fourth-order valence-corrected chi connectivity index (χ4v) is 1.27. The van der Waals surface area contributed by atoms with Gasteiger partial charge < -0.3 is 4.74 Å². The molecule has 1 aromatic rings. The summed E-state index contributed by atoms with van der Waals surface area (Å²) >= 11 is 1.66.